The van der Waals surface area contributed by atoms with E-state index >= 15 is 0 Å². The van der Waals surface area contributed by atoms with Gasteiger partial charge in [0.15, 0.2) is 17.3 Å². The molecule has 0 bridgehead atoms. The van der Waals surface area contributed by atoms with Crippen LogP contribution in [0.15, 0.2) is 6.07 Å². The molecular weight excluding hydrogens is 230 g/mol. The highest BCUT2D eigenvalue weighted by Gasteiger charge is 2.24. The van der Waals surface area contributed by atoms with Crippen molar-refractivity contribution in [1.29, 1.82) is 0 Å². The van der Waals surface area contributed by atoms with Crippen LogP contribution in [-0.2, 0) is 0 Å². The van der Waals surface area contributed by atoms with E-state index in [9.17, 15) is 4.79 Å². The molecule has 5 heteroatoms. The average Bonchev–Trinajstić information content (AvgIpc) is 2.66. The number of ether oxygens (including phenoxy) is 2. The Morgan fingerprint density at radius 2 is 2.31 bits per heavy atom. The van der Waals surface area contributed by atoms with Gasteiger partial charge in [-0.1, -0.05) is 11.6 Å². The molecule has 0 atom stereocenters. The Morgan fingerprint density at radius 3 is 3.00 bits per heavy atom. The van der Waals surface area contributed by atoms with E-state index < -0.39 is 0 Å². The minimum Gasteiger partial charge on any atom is -0.454 e. The third kappa shape index (κ3) is 1.74. The van der Waals surface area contributed by atoms with E-state index in [1.165, 1.54) is 0 Å². The molecule has 0 amide bonds. The number of nitrogens with one attached hydrogen (secondary N) is 1. The summed E-state index contributed by atoms with van der Waals surface area (Å²) >= 11 is 6.14. The van der Waals surface area contributed by atoms with Gasteiger partial charge in [0.05, 0.1) is 11.6 Å². The van der Waals surface area contributed by atoms with Gasteiger partial charge in [0.2, 0.25) is 6.79 Å². The van der Waals surface area contributed by atoms with Crippen LogP contribution in [0.1, 0.15) is 15.9 Å². The lowest BCUT2D eigenvalue weighted by Gasteiger charge is -2.09. The van der Waals surface area contributed by atoms with Crippen LogP contribution in [0.5, 0.6) is 11.5 Å². The van der Waals surface area contributed by atoms with Crippen LogP contribution in [0.25, 0.3) is 0 Å². The van der Waals surface area contributed by atoms with Crippen molar-refractivity contribution in [3.63, 3.8) is 0 Å². The quantitative estimate of drug-likeness (QED) is 0.820. The van der Waals surface area contributed by atoms with Gasteiger partial charge in [0.1, 0.15) is 0 Å². The predicted molar refractivity (Wildman–Crippen MR) is 60.6 cm³/mol. The van der Waals surface area contributed by atoms with Crippen molar-refractivity contribution >= 4 is 17.4 Å². The predicted octanol–water partition coefficient (Wildman–Crippen LogP) is 1.78. The van der Waals surface area contributed by atoms with Crippen LogP contribution in [-0.4, -0.2) is 26.2 Å². The van der Waals surface area contributed by atoms with E-state index in [0.29, 0.717) is 22.1 Å². The van der Waals surface area contributed by atoms with Gasteiger partial charge in [-0.25, -0.2) is 0 Å². The van der Waals surface area contributed by atoms with Gasteiger partial charge >= 0.3 is 0 Å². The maximum absolute atomic E-state index is 11.8. The van der Waals surface area contributed by atoms with Crippen LogP contribution in [0.4, 0.5) is 0 Å². The molecule has 1 aliphatic heterocycles. The second-order valence-electron chi connectivity index (χ2n) is 3.57. The van der Waals surface area contributed by atoms with Crippen molar-refractivity contribution in [3.8, 4) is 11.5 Å². The van der Waals surface area contributed by atoms with E-state index in [2.05, 4.69) is 5.32 Å². The number of hydrogen-bond acceptors (Lipinski definition) is 4. The van der Waals surface area contributed by atoms with Gasteiger partial charge in [-0.3, -0.25) is 4.79 Å². The number of aryl methyl sites for hydroxylation is 1. The highest BCUT2D eigenvalue weighted by molar-refractivity contribution is 6.36. The van der Waals surface area contributed by atoms with Gasteiger partial charge in [-0.2, -0.15) is 0 Å². The lowest BCUT2D eigenvalue weighted by Crippen LogP contribution is -2.19. The first kappa shape index (κ1) is 11.2. The SMILES string of the molecule is CNCC(=O)c1c(C)cc2c(c1Cl)OCO2. The van der Waals surface area contributed by atoms with Crippen LogP contribution >= 0.6 is 11.6 Å². The Bertz CT molecular complexity index is 445. The molecule has 2 rings (SSSR count). The van der Waals surface area contributed by atoms with E-state index in [1.807, 2.05) is 6.92 Å². The first-order valence-electron chi connectivity index (χ1n) is 4.91. The summed E-state index contributed by atoms with van der Waals surface area (Å²) in [4.78, 5) is 11.8. The largest absolute Gasteiger partial charge is 0.454 e. The first-order chi connectivity index (χ1) is 7.65. The summed E-state index contributed by atoms with van der Waals surface area (Å²) in [5.74, 6) is 1.01. The maximum Gasteiger partial charge on any atom is 0.231 e. The zero-order chi connectivity index (χ0) is 11.7. The smallest absolute Gasteiger partial charge is 0.231 e. The van der Waals surface area contributed by atoms with Crippen molar-refractivity contribution in [2.24, 2.45) is 0 Å². The molecule has 0 spiro atoms. The second-order valence-corrected chi connectivity index (χ2v) is 3.95. The van der Waals surface area contributed by atoms with Gasteiger partial charge < -0.3 is 14.8 Å². The van der Waals surface area contributed by atoms with Crippen molar-refractivity contribution in [2.45, 2.75) is 6.92 Å². The number of fused-ring (bicyclic) bond motifs is 1. The fourth-order valence-electron chi connectivity index (χ4n) is 1.71. The summed E-state index contributed by atoms with van der Waals surface area (Å²) < 4.78 is 10.4. The molecule has 0 aromatic heterocycles. The summed E-state index contributed by atoms with van der Waals surface area (Å²) in [5, 5.41) is 3.15. The molecule has 0 aliphatic carbocycles. The highest BCUT2D eigenvalue weighted by atomic mass is 35.5. The molecule has 0 fully saturated rings. The molecular formula is C11H12ClNO3. The van der Waals surface area contributed by atoms with E-state index in [4.69, 9.17) is 21.1 Å². The molecule has 1 heterocycles. The lowest BCUT2D eigenvalue weighted by atomic mass is 10.0. The van der Waals surface area contributed by atoms with Crippen LogP contribution in [0.3, 0.4) is 0 Å². The molecule has 0 saturated heterocycles. The van der Waals surface area contributed by atoms with Gasteiger partial charge in [0.25, 0.3) is 0 Å². The Labute approximate surface area is 98.5 Å². The van der Waals surface area contributed by atoms with Crippen LogP contribution in [0.2, 0.25) is 5.02 Å². The molecule has 0 unspecified atom stereocenters. The maximum atomic E-state index is 11.8. The number of rotatable bonds is 3. The molecule has 1 aliphatic rings. The van der Waals surface area contributed by atoms with Crippen molar-refractivity contribution in [1.82, 2.24) is 5.32 Å². The summed E-state index contributed by atoms with van der Waals surface area (Å²) in [7, 11) is 1.72. The molecule has 1 aromatic rings. The second kappa shape index (κ2) is 4.31. The standard InChI is InChI=1S/C11H12ClNO3/c1-6-3-8-11(16-5-15-8)10(12)9(6)7(14)4-13-2/h3,13H,4-5H2,1-2H3. The highest BCUT2D eigenvalue weighted by Crippen LogP contribution is 2.42. The monoisotopic (exact) mass is 241 g/mol. The Morgan fingerprint density at radius 1 is 1.56 bits per heavy atom. The van der Waals surface area contributed by atoms with Crippen LogP contribution in [0, 0.1) is 6.92 Å². The number of halogens is 1. The number of Topliss-reactive ketones (excluding diaryl/α,β-unsaturated/α-hetero) is 1. The van der Waals surface area contributed by atoms with Crippen molar-refractivity contribution in [2.75, 3.05) is 20.4 Å². The molecule has 0 radical (unpaired) electrons. The number of carbonyl (C=O) groups is 1. The van der Waals surface area contributed by atoms with Gasteiger partial charge in [-0.05, 0) is 25.6 Å². The zero-order valence-electron chi connectivity index (χ0n) is 9.09. The lowest BCUT2D eigenvalue weighted by molar-refractivity contribution is 0.0992. The summed E-state index contributed by atoms with van der Waals surface area (Å²) in [5.41, 5.74) is 1.30. The minimum absolute atomic E-state index is 0.0525. The first-order valence-corrected chi connectivity index (χ1v) is 5.29. The minimum atomic E-state index is -0.0525. The number of carbonyl (C=O) groups excluding carboxylic acids is 1. The van der Waals surface area contributed by atoms with Gasteiger partial charge in [-0.15, -0.1) is 0 Å². The molecule has 4 nitrogen and oxygen atoms in total. The third-order valence-electron chi connectivity index (χ3n) is 2.42. The Balaban J connectivity index is 2.50. The van der Waals surface area contributed by atoms with Crippen LogP contribution < -0.4 is 14.8 Å². The van der Waals surface area contributed by atoms with Crippen molar-refractivity contribution in [3.05, 3.63) is 22.2 Å². The molecule has 16 heavy (non-hydrogen) atoms. The fourth-order valence-corrected chi connectivity index (χ4v) is 2.12. The summed E-state index contributed by atoms with van der Waals surface area (Å²) in [6.45, 7) is 2.23. The summed E-state index contributed by atoms with van der Waals surface area (Å²) in [6, 6.07) is 1.77. The molecule has 1 N–H and O–H groups in total. The third-order valence-corrected chi connectivity index (χ3v) is 2.78. The number of benzene rings is 1. The Hall–Kier alpha value is -1.26. The van der Waals surface area contributed by atoms with Gasteiger partial charge in [0, 0.05) is 5.56 Å². The zero-order valence-corrected chi connectivity index (χ0v) is 9.85. The normalized spacial score (nSPS) is 12.9. The number of hydrogen-bond donors (Lipinski definition) is 1. The van der Waals surface area contributed by atoms with E-state index in [0.717, 1.165) is 5.56 Å². The summed E-state index contributed by atoms with van der Waals surface area (Å²) in [6.07, 6.45) is 0. The number of ketones is 1. The molecule has 0 saturated carbocycles. The van der Waals surface area contributed by atoms with Crippen molar-refractivity contribution < 1.29 is 14.3 Å². The average molecular weight is 242 g/mol. The number of likely N-dealkylation sites (N-methyl/N-ethyl adjacent to an activating group) is 1. The van der Waals surface area contributed by atoms with E-state index in [1.54, 1.807) is 13.1 Å². The fraction of sp³-hybridized carbons (Fsp3) is 0.364. The topological polar surface area (TPSA) is 47.6 Å². The van der Waals surface area contributed by atoms with E-state index in [-0.39, 0.29) is 19.1 Å². The molecule has 86 valence electrons. The Kier molecular flexibility index (Phi) is 3.03. The molecule has 1 aromatic carbocycles.